The zero-order valence-electron chi connectivity index (χ0n) is 16.8. The molecule has 1 aromatic rings. The Morgan fingerprint density at radius 3 is 2.38 bits per heavy atom. The lowest BCUT2D eigenvalue weighted by Crippen LogP contribution is -2.54. The average molecular weight is 421 g/mol. The first-order valence-corrected chi connectivity index (χ1v) is 10.9. The summed E-state index contributed by atoms with van der Waals surface area (Å²) in [5.41, 5.74) is 0.238. The summed E-state index contributed by atoms with van der Waals surface area (Å²) in [6, 6.07) is 5.18. The van der Waals surface area contributed by atoms with Crippen molar-refractivity contribution in [1.29, 1.82) is 0 Å². The van der Waals surface area contributed by atoms with Crippen molar-refractivity contribution >= 4 is 29.1 Å². The third-order valence-electron chi connectivity index (χ3n) is 6.70. The quantitative estimate of drug-likeness (QED) is 0.629. The summed E-state index contributed by atoms with van der Waals surface area (Å²) in [5, 5.41) is 6.12. The molecule has 4 aliphatic rings. The maximum absolute atomic E-state index is 13.0. The molecule has 2 N–H and O–H groups in total. The van der Waals surface area contributed by atoms with E-state index in [1.165, 1.54) is 19.3 Å². The number of para-hydroxylation sites is 1. The summed E-state index contributed by atoms with van der Waals surface area (Å²) >= 11 is 6.21. The number of nitrogens with one attached hydrogen (secondary N) is 2. The van der Waals surface area contributed by atoms with E-state index in [9.17, 15) is 9.59 Å². The molecule has 4 fully saturated rings. The van der Waals surface area contributed by atoms with Crippen LogP contribution in [0.1, 0.15) is 38.5 Å². The second kappa shape index (κ2) is 8.52. The lowest BCUT2D eigenvalue weighted by molar-refractivity contribution is -0.146. The Morgan fingerprint density at radius 2 is 1.76 bits per heavy atom. The SMILES string of the molecule is COCCOc1c(Cl)cccc1NC(=O)CNC(=O)C12CC3CC(CC(C3)C1)C2. The van der Waals surface area contributed by atoms with Crippen molar-refractivity contribution in [2.24, 2.45) is 23.2 Å². The summed E-state index contributed by atoms with van der Waals surface area (Å²) in [6.07, 6.45) is 6.81. The highest BCUT2D eigenvalue weighted by molar-refractivity contribution is 6.32. The normalized spacial score (nSPS) is 29.5. The molecule has 0 unspecified atom stereocenters. The summed E-state index contributed by atoms with van der Waals surface area (Å²) < 4.78 is 10.6. The standard InChI is InChI=1S/C22H29ClN2O4/c1-28-5-6-29-20-17(23)3-2-4-18(20)25-19(26)13-24-21(27)22-10-14-7-15(11-22)9-16(8-14)12-22/h2-4,14-16H,5-13H2,1H3,(H,24,27)(H,25,26). The molecule has 2 amide bonds. The molecular weight excluding hydrogens is 392 g/mol. The molecule has 7 heteroatoms. The minimum Gasteiger partial charge on any atom is -0.487 e. The number of methoxy groups -OCH3 is 1. The van der Waals surface area contributed by atoms with Gasteiger partial charge in [-0.2, -0.15) is 0 Å². The van der Waals surface area contributed by atoms with E-state index in [2.05, 4.69) is 10.6 Å². The van der Waals surface area contributed by atoms with Gasteiger partial charge in [0.25, 0.3) is 0 Å². The van der Waals surface area contributed by atoms with Gasteiger partial charge in [0.15, 0.2) is 5.75 Å². The molecule has 0 saturated heterocycles. The number of carbonyl (C=O) groups is 2. The Morgan fingerprint density at radius 1 is 1.10 bits per heavy atom. The fourth-order valence-corrected chi connectivity index (χ4v) is 6.14. The first-order valence-electron chi connectivity index (χ1n) is 10.5. The molecule has 4 bridgehead atoms. The zero-order chi connectivity index (χ0) is 20.4. The van der Waals surface area contributed by atoms with Crippen molar-refractivity contribution in [2.45, 2.75) is 38.5 Å². The van der Waals surface area contributed by atoms with Gasteiger partial charge in [-0.1, -0.05) is 17.7 Å². The number of benzene rings is 1. The van der Waals surface area contributed by atoms with Gasteiger partial charge in [0.2, 0.25) is 11.8 Å². The smallest absolute Gasteiger partial charge is 0.243 e. The summed E-state index contributed by atoms with van der Waals surface area (Å²) in [4.78, 5) is 25.5. The molecule has 1 aromatic carbocycles. The number of carbonyl (C=O) groups excluding carboxylic acids is 2. The first-order chi connectivity index (χ1) is 14.0. The lowest BCUT2D eigenvalue weighted by Gasteiger charge is -2.55. The Hall–Kier alpha value is -1.79. The Kier molecular flexibility index (Phi) is 6.02. The fraction of sp³-hybridized carbons (Fsp3) is 0.636. The van der Waals surface area contributed by atoms with Crippen LogP contribution in [0.4, 0.5) is 5.69 Å². The summed E-state index contributed by atoms with van der Waals surface area (Å²) in [6.45, 7) is 0.691. The fourth-order valence-electron chi connectivity index (χ4n) is 5.91. The van der Waals surface area contributed by atoms with Crippen LogP contribution in [-0.2, 0) is 14.3 Å². The van der Waals surface area contributed by atoms with Gasteiger partial charge in [-0.25, -0.2) is 0 Å². The molecule has 5 rings (SSSR count). The number of hydrogen-bond acceptors (Lipinski definition) is 4. The highest BCUT2D eigenvalue weighted by Gasteiger charge is 2.54. The van der Waals surface area contributed by atoms with E-state index in [-0.39, 0.29) is 23.8 Å². The molecule has 0 radical (unpaired) electrons. The number of rotatable bonds is 8. The molecule has 29 heavy (non-hydrogen) atoms. The van der Waals surface area contributed by atoms with Crippen LogP contribution < -0.4 is 15.4 Å². The molecule has 0 aromatic heterocycles. The summed E-state index contributed by atoms with van der Waals surface area (Å²) in [7, 11) is 1.59. The third-order valence-corrected chi connectivity index (χ3v) is 7.00. The van der Waals surface area contributed by atoms with E-state index >= 15 is 0 Å². The van der Waals surface area contributed by atoms with Gasteiger partial charge < -0.3 is 20.1 Å². The number of ether oxygens (including phenoxy) is 2. The van der Waals surface area contributed by atoms with Gasteiger partial charge in [-0.05, 0) is 68.4 Å². The molecular formula is C22H29ClN2O4. The van der Waals surface area contributed by atoms with Crippen LogP contribution in [0.2, 0.25) is 5.02 Å². The largest absolute Gasteiger partial charge is 0.487 e. The van der Waals surface area contributed by atoms with Gasteiger partial charge in [-0.3, -0.25) is 9.59 Å². The monoisotopic (exact) mass is 420 g/mol. The Labute approximate surface area is 176 Å². The van der Waals surface area contributed by atoms with Gasteiger partial charge in [0.1, 0.15) is 6.61 Å². The van der Waals surface area contributed by atoms with Crippen LogP contribution in [0.25, 0.3) is 0 Å². The minimum absolute atomic E-state index is 0.0504. The molecule has 0 spiro atoms. The van der Waals surface area contributed by atoms with Crippen LogP contribution in [0.15, 0.2) is 18.2 Å². The van der Waals surface area contributed by atoms with Gasteiger partial charge in [0.05, 0.1) is 23.9 Å². The predicted molar refractivity (Wildman–Crippen MR) is 111 cm³/mol. The van der Waals surface area contributed by atoms with E-state index in [4.69, 9.17) is 21.1 Å². The molecule has 6 nitrogen and oxygen atoms in total. The van der Waals surface area contributed by atoms with Gasteiger partial charge in [0, 0.05) is 12.5 Å². The number of amides is 2. The number of halogens is 1. The van der Waals surface area contributed by atoms with Gasteiger partial charge in [-0.15, -0.1) is 0 Å². The number of anilines is 1. The minimum atomic E-state index is -0.290. The molecule has 158 valence electrons. The molecule has 0 heterocycles. The van der Waals surface area contributed by atoms with Crippen molar-refractivity contribution in [2.75, 3.05) is 32.2 Å². The van der Waals surface area contributed by atoms with E-state index in [0.717, 1.165) is 19.3 Å². The Bertz CT molecular complexity index is 747. The molecule has 0 aliphatic heterocycles. The second-order valence-electron chi connectivity index (χ2n) is 8.89. The molecule has 4 aliphatic carbocycles. The van der Waals surface area contributed by atoms with Crippen molar-refractivity contribution in [3.05, 3.63) is 23.2 Å². The highest BCUT2D eigenvalue weighted by atomic mass is 35.5. The van der Waals surface area contributed by atoms with Crippen LogP contribution in [0.5, 0.6) is 5.75 Å². The van der Waals surface area contributed by atoms with Crippen LogP contribution in [0, 0.1) is 23.2 Å². The predicted octanol–water partition coefficient (Wildman–Crippen LogP) is 3.64. The number of hydrogen-bond donors (Lipinski definition) is 2. The van der Waals surface area contributed by atoms with E-state index < -0.39 is 0 Å². The van der Waals surface area contributed by atoms with Gasteiger partial charge >= 0.3 is 0 Å². The van der Waals surface area contributed by atoms with Crippen molar-refractivity contribution < 1.29 is 19.1 Å². The maximum atomic E-state index is 13.0. The van der Waals surface area contributed by atoms with Crippen molar-refractivity contribution in [3.63, 3.8) is 0 Å². The second-order valence-corrected chi connectivity index (χ2v) is 9.29. The third kappa shape index (κ3) is 4.38. The average Bonchev–Trinajstić information content (AvgIpc) is 2.67. The van der Waals surface area contributed by atoms with E-state index in [1.54, 1.807) is 25.3 Å². The lowest BCUT2D eigenvalue weighted by atomic mass is 9.49. The van der Waals surface area contributed by atoms with Crippen molar-refractivity contribution in [3.8, 4) is 5.75 Å². The zero-order valence-corrected chi connectivity index (χ0v) is 17.6. The first kappa shape index (κ1) is 20.5. The summed E-state index contributed by atoms with van der Waals surface area (Å²) in [5.74, 6) is 2.25. The van der Waals surface area contributed by atoms with Crippen molar-refractivity contribution in [1.82, 2.24) is 5.32 Å². The van der Waals surface area contributed by atoms with Crippen LogP contribution in [-0.4, -0.2) is 38.7 Å². The molecule has 4 saturated carbocycles. The van der Waals surface area contributed by atoms with E-state index in [1.807, 2.05) is 0 Å². The van der Waals surface area contributed by atoms with Crippen LogP contribution in [0.3, 0.4) is 0 Å². The topological polar surface area (TPSA) is 76.7 Å². The molecule has 0 atom stereocenters. The van der Waals surface area contributed by atoms with E-state index in [0.29, 0.717) is 47.4 Å². The van der Waals surface area contributed by atoms with Crippen LogP contribution >= 0.6 is 11.6 Å². The Balaban J connectivity index is 1.34. The highest BCUT2D eigenvalue weighted by Crippen LogP contribution is 2.60. The maximum Gasteiger partial charge on any atom is 0.243 e.